The van der Waals surface area contributed by atoms with E-state index in [2.05, 4.69) is 30.5 Å². The number of hydrogen-bond acceptors (Lipinski definition) is 5. The topological polar surface area (TPSA) is 109 Å². The second-order valence-electron chi connectivity index (χ2n) is 7.93. The number of nitrogens with one attached hydrogen (secondary N) is 3. The van der Waals surface area contributed by atoms with E-state index >= 15 is 0 Å². The van der Waals surface area contributed by atoms with E-state index in [-0.39, 0.29) is 33.9 Å². The van der Waals surface area contributed by atoms with Crippen molar-refractivity contribution in [1.29, 1.82) is 0 Å². The molecule has 2 aromatic carbocycles. The summed E-state index contributed by atoms with van der Waals surface area (Å²) in [6.45, 7) is 0. The van der Waals surface area contributed by atoms with Gasteiger partial charge in [-0.15, -0.1) is 0 Å². The summed E-state index contributed by atoms with van der Waals surface area (Å²) in [4.78, 5) is 22.5. The molecule has 0 unspecified atom stereocenters. The lowest BCUT2D eigenvalue weighted by molar-refractivity contribution is -0.141. The Balaban J connectivity index is 1.28. The molecule has 0 aliphatic heterocycles. The molecule has 194 valence electrons. The Morgan fingerprint density at radius 2 is 1.63 bits per heavy atom. The number of imidazole rings is 1. The van der Waals surface area contributed by atoms with E-state index in [1.807, 2.05) is 0 Å². The largest absolute Gasteiger partial charge is 0.457 e. The van der Waals surface area contributed by atoms with Crippen LogP contribution in [0.15, 0.2) is 67.0 Å². The van der Waals surface area contributed by atoms with Gasteiger partial charge in [0.15, 0.2) is 11.5 Å². The maximum atomic E-state index is 13.1. The number of aromatic nitrogens is 5. The number of halogens is 6. The van der Waals surface area contributed by atoms with Crippen molar-refractivity contribution in [3.8, 4) is 23.0 Å². The smallest absolute Gasteiger partial charge is 0.432 e. The molecule has 0 radical (unpaired) electrons. The van der Waals surface area contributed by atoms with Crippen LogP contribution in [0.25, 0.3) is 22.4 Å². The predicted molar refractivity (Wildman–Crippen MR) is 122 cm³/mol. The summed E-state index contributed by atoms with van der Waals surface area (Å²) in [7, 11) is 0. The molecule has 0 saturated heterocycles. The Labute approximate surface area is 208 Å². The standard InChI is InChI=1S/C24H14F6N6O2/c25-23(26,27)12-1-6-17-16(9-12)20(36-35-17)22(37)33-13-2-4-14(5-3-13)38-15-7-8-31-18(10-15)21-32-11-19(34-21)24(28,29)30/h1-11H,(H,32,34)(H,33,37)(H,35,36). The van der Waals surface area contributed by atoms with Crippen molar-refractivity contribution < 1.29 is 35.9 Å². The maximum absolute atomic E-state index is 13.1. The Bertz CT molecular complexity index is 1620. The molecule has 0 bridgehead atoms. The van der Waals surface area contributed by atoms with Crippen molar-refractivity contribution in [3.05, 3.63) is 83.9 Å². The number of carbonyl (C=O) groups is 1. The normalized spacial score (nSPS) is 12.1. The summed E-state index contributed by atoms with van der Waals surface area (Å²) >= 11 is 0. The summed E-state index contributed by atoms with van der Waals surface area (Å²) in [5.74, 6) is -0.218. The van der Waals surface area contributed by atoms with Gasteiger partial charge in [0.05, 0.1) is 17.3 Å². The van der Waals surface area contributed by atoms with Crippen LogP contribution in [0.3, 0.4) is 0 Å². The Morgan fingerprint density at radius 1 is 0.868 bits per heavy atom. The van der Waals surface area contributed by atoms with Crippen LogP contribution in [-0.4, -0.2) is 31.1 Å². The number of amides is 1. The van der Waals surface area contributed by atoms with E-state index < -0.39 is 29.5 Å². The van der Waals surface area contributed by atoms with Gasteiger partial charge < -0.3 is 15.0 Å². The first-order chi connectivity index (χ1) is 18.0. The van der Waals surface area contributed by atoms with E-state index in [1.54, 1.807) is 0 Å². The highest BCUT2D eigenvalue weighted by molar-refractivity contribution is 6.11. The van der Waals surface area contributed by atoms with Gasteiger partial charge in [0.1, 0.15) is 22.9 Å². The van der Waals surface area contributed by atoms with Crippen LogP contribution in [0.4, 0.5) is 32.0 Å². The Morgan fingerprint density at radius 3 is 2.32 bits per heavy atom. The van der Waals surface area contributed by atoms with E-state index in [0.717, 1.165) is 12.1 Å². The predicted octanol–water partition coefficient (Wildman–Crippen LogP) is 6.43. The molecule has 38 heavy (non-hydrogen) atoms. The lowest BCUT2D eigenvalue weighted by atomic mass is 10.1. The highest BCUT2D eigenvalue weighted by Crippen LogP contribution is 2.33. The molecule has 3 heterocycles. The van der Waals surface area contributed by atoms with Gasteiger partial charge in [0.2, 0.25) is 0 Å². The molecule has 5 aromatic rings. The number of rotatable bonds is 5. The summed E-state index contributed by atoms with van der Waals surface area (Å²) in [6.07, 6.45) is -7.15. The van der Waals surface area contributed by atoms with Crippen LogP contribution in [0, 0.1) is 0 Å². The molecular weight excluding hydrogens is 518 g/mol. The fourth-order valence-electron chi connectivity index (χ4n) is 3.50. The van der Waals surface area contributed by atoms with Crippen molar-refractivity contribution in [2.75, 3.05) is 5.32 Å². The minimum atomic E-state index is -4.58. The first kappa shape index (κ1) is 24.8. The van der Waals surface area contributed by atoms with Gasteiger partial charge >= 0.3 is 12.4 Å². The third-order valence-electron chi connectivity index (χ3n) is 5.31. The van der Waals surface area contributed by atoms with Crippen LogP contribution in [0.2, 0.25) is 0 Å². The highest BCUT2D eigenvalue weighted by atomic mass is 19.4. The summed E-state index contributed by atoms with van der Waals surface area (Å²) in [6, 6.07) is 11.8. The molecule has 3 N–H and O–H groups in total. The van der Waals surface area contributed by atoms with E-state index in [0.29, 0.717) is 17.6 Å². The molecule has 5 rings (SSSR count). The third-order valence-corrected chi connectivity index (χ3v) is 5.31. The zero-order chi connectivity index (χ0) is 27.1. The van der Waals surface area contributed by atoms with Crippen molar-refractivity contribution in [2.45, 2.75) is 12.4 Å². The highest BCUT2D eigenvalue weighted by Gasteiger charge is 2.33. The minimum Gasteiger partial charge on any atom is -0.457 e. The molecule has 1 amide bonds. The first-order valence-corrected chi connectivity index (χ1v) is 10.7. The summed E-state index contributed by atoms with van der Waals surface area (Å²) in [5, 5.41) is 8.94. The molecular formula is C24H14F6N6O2. The van der Waals surface area contributed by atoms with E-state index in [1.165, 1.54) is 48.7 Å². The van der Waals surface area contributed by atoms with Gasteiger partial charge in [0, 0.05) is 23.3 Å². The fourth-order valence-corrected chi connectivity index (χ4v) is 3.50. The number of fused-ring (bicyclic) bond motifs is 1. The number of ether oxygens (including phenoxy) is 1. The first-order valence-electron chi connectivity index (χ1n) is 10.7. The van der Waals surface area contributed by atoms with Gasteiger partial charge in [-0.25, -0.2) is 4.98 Å². The number of benzene rings is 2. The molecule has 0 spiro atoms. The van der Waals surface area contributed by atoms with Gasteiger partial charge in [-0.3, -0.25) is 14.9 Å². The number of hydrogen-bond donors (Lipinski definition) is 3. The van der Waals surface area contributed by atoms with Crippen LogP contribution in [0.1, 0.15) is 21.7 Å². The van der Waals surface area contributed by atoms with Crippen LogP contribution < -0.4 is 10.1 Å². The number of alkyl halides is 6. The van der Waals surface area contributed by atoms with Gasteiger partial charge in [-0.1, -0.05) is 0 Å². The molecule has 0 saturated carbocycles. The second-order valence-corrected chi connectivity index (χ2v) is 7.93. The zero-order valence-electron chi connectivity index (χ0n) is 18.8. The Hall–Kier alpha value is -4.88. The number of nitrogens with zero attached hydrogens (tertiary/aromatic N) is 3. The van der Waals surface area contributed by atoms with Crippen molar-refractivity contribution in [2.24, 2.45) is 0 Å². The summed E-state index contributed by atoms with van der Waals surface area (Å²) < 4.78 is 83.3. The monoisotopic (exact) mass is 532 g/mol. The second kappa shape index (κ2) is 9.21. The van der Waals surface area contributed by atoms with Crippen LogP contribution in [-0.2, 0) is 12.4 Å². The molecule has 0 aliphatic carbocycles. The van der Waals surface area contributed by atoms with Crippen molar-refractivity contribution in [3.63, 3.8) is 0 Å². The molecule has 0 fully saturated rings. The Kier molecular flexibility index (Phi) is 6.01. The van der Waals surface area contributed by atoms with Crippen molar-refractivity contribution in [1.82, 2.24) is 25.1 Å². The molecule has 0 aliphatic rings. The van der Waals surface area contributed by atoms with E-state index in [4.69, 9.17) is 4.74 Å². The lowest BCUT2D eigenvalue weighted by Crippen LogP contribution is -2.13. The number of pyridine rings is 1. The van der Waals surface area contributed by atoms with Gasteiger partial charge in [-0.05, 0) is 48.5 Å². The quantitative estimate of drug-likeness (QED) is 0.226. The number of H-pyrrole nitrogens is 2. The number of aromatic amines is 2. The minimum absolute atomic E-state index is 0.0182. The van der Waals surface area contributed by atoms with Crippen molar-refractivity contribution >= 4 is 22.5 Å². The van der Waals surface area contributed by atoms with Gasteiger partial charge in [0.25, 0.3) is 5.91 Å². The third kappa shape index (κ3) is 5.14. The summed E-state index contributed by atoms with van der Waals surface area (Å²) in [5.41, 5.74) is -1.41. The average molecular weight is 532 g/mol. The fraction of sp³-hybridized carbons (Fsp3) is 0.0833. The number of anilines is 1. The SMILES string of the molecule is O=C(Nc1ccc(Oc2ccnc(-c3ncc(C(F)(F)F)[nH]3)c2)cc1)c1n[nH]c2ccc(C(F)(F)F)cc12. The molecule has 0 atom stereocenters. The lowest BCUT2D eigenvalue weighted by Gasteiger charge is -2.09. The van der Waals surface area contributed by atoms with E-state index in [9.17, 15) is 31.1 Å². The molecule has 14 heteroatoms. The molecule has 3 aromatic heterocycles. The maximum Gasteiger partial charge on any atom is 0.432 e. The van der Waals surface area contributed by atoms with Crippen LogP contribution >= 0.6 is 0 Å². The average Bonchev–Trinajstić information content (AvgIpc) is 3.52. The molecule has 8 nitrogen and oxygen atoms in total. The van der Waals surface area contributed by atoms with Crippen LogP contribution in [0.5, 0.6) is 11.5 Å². The van der Waals surface area contributed by atoms with Gasteiger partial charge in [-0.2, -0.15) is 31.4 Å². The zero-order valence-corrected chi connectivity index (χ0v) is 18.8. The number of carbonyl (C=O) groups excluding carboxylic acids is 1.